The highest BCUT2D eigenvalue weighted by Gasteiger charge is 2.30. The minimum atomic E-state index is -4.51. The van der Waals surface area contributed by atoms with Gasteiger partial charge < -0.3 is 0 Å². The van der Waals surface area contributed by atoms with Crippen molar-refractivity contribution in [3.63, 3.8) is 0 Å². The molecule has 0 atom stereocenters. The molecule has 0 aliphatic heterocycles. The van der Waals surface area contributed by atoms with Gasteiger partial charge in [-0.3, -0.25) is 4.98 Å². The standard InChI is InChI=1S/C18H12F4N2O2S/c19-15-10-12(6-7-16(15)27(23,25)26)17-14(5-2-8-24-17)11-3-1-4-13(9-11)18(20,21)22/h1-10H,(H2,23,25,26). The predicted molar refractivity (Wildman–Crippen MR) is 91.4 cm³/mol. The van der Waals surface area contributed by atoms with Crippen LogP contribution in [-0.2, 0) is 16.2 Å². The maximum atomic E-state index is 14.2. The number of hydrogen-bond acceptors (Lipinski definition) is 3. The molecule has 0 bridgehead atoms. The zero-order valence-corrected chi connectivity index (χ0v) is 14.4. The van der Waals surface area contributed by atoms with E-state index in [1.807, 2.05) is 0 Å². The summed E-state index contributed by atoms with van der Waals surface area (Å²) in [6.45, 7) is 0. The van der Waals surface area contributed by atoms with E-state index in [2.05, 4.69) is 4.98 Å². The van der Waals surface area contributed by atoms with Gasteiger partial charge in [-0.05, 0) is 35.9 Å². The molecule has 0 fully saturated rings. The molecule has 0 saturated heterocycles. The van der Waals surface area contributed by atoms with Gasteiger partial charge in [0, 0.05) is 17.3 Å². The van der Waals surface area contributed by atoms with Gasteiger partial charge in [-0.25, -0.2) is 17.9 Å². The highest BCUT2D eigenvalue weighted by atomic mass is 32.2. The van der Waals surface area contributed by atoms with Gasteiger partial charge in [0.25, 0.3) is 0 Å². The number of aromatic nitrogens is 1. The Morgan fingerprint density at radius 3 is 2.30 bits per heavy atom. The third kappa shape index (κ3) is 3.99. The molecule has 2 aromatic carbocycles. The van der Waals surface area contributed by atoms with Crippen molar-refractivity contribution < 1.29 is 26.0 Å². The van der Waals surface area contributed by atoms with Crippen LogP contribution in [0, 0.1) is 5.82 Å². The third-order valence-electron chi connectivity index (χ3n) is 3.82. The number of pyridine rings is 1. The summed E-state index contributed by atoms with van der Waals surface area (Å²) in [5.74, 6) is -1.07. The van der Waals surface area contributed by atoms with Crippen LogP contribution in [0.1, 0.15) is 5.56 Å². The van der Waals surface area contributed by atoms with Crippen molar-refractivity contribution >= 4 is 10.0 Å². The lowest BCUT2D eigenvalue weighted by atomic mass is 9.98. The van der Waals surface area contributed by atoms with E-state index in [1.54, 1.807) is 6.07 Å². The van der Waals surface area contributed by atoms with Crippen LogP contribution in [0.25, 0.3) is 22.4 Å². The number of halogens is 4. The highest BCUT2D eigenvalue weighted by Crippen LogP contribution is 2.35. The van der Waals surface area contributed by atoms with E-state index in [-0.39, 0.29) is 16.8 Å². The first-order valence-corrected chi connectivity index (χ1v) is 9.07. The molecule has 140 valence electrons. The van der Waals surface area contributed by atoms with E-state index >= 15 is 0 Å². The molecular formula is C18H12F4N2O2S. The van der Waals surface area contributed by atoms with Crippen LogP contribution in [0.15, 0.2) is 65.7 Å². The molecule has 0 saturated carbocycles. The lowest BCUT2D eigenvalue weighted by Gasteiger charge is -2.12. The second kappa shape index (κ2) is 6.75. The number of hydrogen-bond donors (Lipinski definition) is 1. The Hall–Kier alpha value is -2.78. The molecule has 0 amide bonds. The average molecular weight is 396 g/mol. The Labute approximate surface area is 152 Å². The van der Waals surface area contributed by atoms with E-state index in [4.69, 9.17) is 5.14 Å². The Balaban J connectivity index is 2.15. The SMILES string of the molecule is NS(=O)(=O)c1ccc(-c2ncccc2-c2cccc(C(F)(F)F)c2)cc1F. The summed E-state index contributed by atoms with van der Waals surface area (Å²) >= 11 is 0. The summed E-state index contributed by atoms with van der Waals surface area (Å²) in [4.78, 5) is 3.44. The van der Waals surface area contributed by atoms with Gasteiger partial charge >= 0.3 is 6.18 Å². The van der Waals surface area contributed by atoms with Crippen LogP contribution in [0.5, 0.6) is 0 Å². The molecule has 0 spiro atoms. The summed E-state index contributed by atoms with van der Waals surface area (Å²) in [7, 11) is -4.24. The fraction of sp³-hybridized carbons (Fsp3) is 0.0556. The number of nitrogens with zero attached hydrogens (tertiary/aromatic N) is 1. The molecule has 27 heavy (non-hydrogen) atoms. The lowest BCUT2D eigenvalue weighted by molar-refractivity contribution is -0.137. The Morgan fingerprint density at radius 1 is 0.926 bits per heavy atom. The van der Waals surface area contributed by atoms with E-state index in [9.17, 15) is 26.0 Å². The molecule has 9 heteroatoms. The smallest absolute Gasteiger partial charge is 0.256 e. The minimum absolute atomic E-state index is 0.202. The first-order valence-electron chi connectivity index (χ1n) is 7.53. The molecule has 0 aliphatic rings. The third-order valence-corrected chi connectivity index (χ3v) is 4.76. The number of rotatable bonds is 3. The largest absolute Gasteiger partial charge is 0.416 e. The first-order chi connectivity index (χ1) is 12.6. The van der Waals surface area contributed by atoms with Gasteiger partial charge in [-0.1, -0.05) is 24.3 Å². The van der Waals surface area contributed by atoms with Gasteiger partial charge in [0.1, 0.15) is 10.7 Å². The fourth-order valence-electron chi connectivity index (χ4n) is 2.61. The summed E-state index contributed by atoms with van der Waals surface area (Å²) in [5, 5.41) is 4.93. The van der Waals surface area contributed by atoms with Gasteiger partial charge in [-0.2, -0.15) is 13.2 Å². The summed E-state index contributed by atoms with van der Waals surface area (Å²) in [5.41, 5.74) is 0.158. The zero-order valence-electron chi connectivity index (χ0n) is 13.5. The molecule has 1 heterocycles. The highest BCUT2D eigenvalue weighted by molar-refractivity contribution is 7.89. The van der Waals surface area contributed by atoms with E-state index in [0.717, 1.165) is 24.3 Å². The molecule has 0 aliphatic carbocycles. The number of nitrogens with two attached hydrogens (primary N) is 1. The Bertz CT molecular complexity index is 1110. The van der Waals surface area contributed by atoms with Crippen molar-refractivity contribution in [1.29, 1.82) is 0 Å². The summed E-state index contributed by atoms with van der Waals surface area (Å²) < 4.78 is 75.8. The number of sulfonamides is 1. The molecule has 4 nitrogen and oxygen atoms in total. The molecule has 1 aromatic heterocycles. The van der Waals surface area contributed by atoms with Gasteiger partial charge in [-0.15, -0.1) is 0 Å². The van der Waals surface area contributed by atoms with Gasteiger partial charge in [0.2, 0.25) is 10.0 Å². The molecular weight excluding hydrogens is 384 g/mol. The second-order valence-corrected chi connectivity index (χ2v) is 7.20. The maximum absolute atomic E-state index is 14.2. The van der Waals surface area contributed by atoms with Crippen molar-refractivity contribution in [3.8, 4) is 22.4 Å². The van der Waals surface area contributed by atoms with Crippen LogP contribution in [0.2, 0.25) is 0 Å². The van der Waals surface area contributed by atoms with Crippen molar-refractivity contribution in [2.24, 2.45) is 5.14 Å². The van der Waals surface area contributed by atoms with Crippen molar-refractivity contribution in [1.82, 2.24) is 4.98 Å². The number of primary sulfonamides is 1. The van der Waals surface area contributed by atoms with Crippen LogP contribution in [-0.4, -0.2) is 13.4 Å². The summed E-state index contributed by atoms with van der Waals surface area (Å²) in [6, 6.07) is 10.9. The van der Waals surface area contributed by atoms with Crippen LogP contribution in [0.3, 0.4) is 0 Å². The Kier molecular flexibility index (Phi) is 4.75. The molecule has 2 N–H and O–H groups in total. The first kappa shape index (κ1) is 19.0. The van der Waals surface area contributed by atoms with Crippen molar-refractivity contribution in [2.45, 2.75) is 11.1 Å². The van der Waals surface area contributed by atoms with Crippen LogP contribution < -0.4 is 5.14 Å². The topological polar surface area (TPSA) is 73.1 Å². The minimum Gasteiger partial charge on any atom is -0.256 e. The van der Waals surface area contributed by atoms with Gasteiger partial charge in [0.05, 0.1) is 11.3 Å². The van der Waals surface area contributed by atoms with Crippen molar-refractivity contribution in [3.05, 3.63) is 72.2 Å². The number of benzene rings is 2. The van der Waals surface area contributed by atoms with Crippen LogP contribution >= 0.6 is 0 Å². The second-order valence-electron chi connectivity index (χ2n) is 5.67. The van der Waals surface area contributed by atoms with Crippen LogP contribution in [0.4, 0.5) is 17.6 Å². The van der Waals surface area contributed by atoms with E-state index < -0.39 is 32.5 Å². The van der Waals surface area contributed by atoms with E-state index in [1.165, 1.54) is 30.5 Å². The fourth-order valence-corrected chi connectivity index (χ4v) is 3.20. The molecule has 3 rings (SSSR count). The molecule has 0 radical (unpaired) electrons. The Morgan fingerprint density at radius 2 is 1.67 bits per heavy atom. The lowest BCUT2D eigenvalue weighted by Crippen LogP contribution is -2.14. The maximum Gasteiger partial charge on any atom is 0.416 e. The summed E-state index contributed by atoms with van der Waals surface area (Å²) in [6.07, 6.45) is -3.11. The van der Waals surface area contributed by atoms with Gasteiger partial charge in [0.15, 0.2) is 0 Å². The van der Waals surface area contributed by atoms with E-state index in [0.29, 0.717) is 5.56 Å². The quantitative estimate of drug-likeness (QED) is 0.674. The normalized spacial score (nSPS) is 12.2. The zero-order chi connectivity index (χ0) is 19.8. The monoisotopic (exact) mass is 396 g/mol. The average Bonchev–Trinajstić information content (AvgIpc) is 2.60. The van der Waals surface area contributed by atoms with Crippen molar-refractivity contribution in [2.75, 3.05) is 0 Å². The predicted octanol–water partition coefficient (Wildman–Crippen LogP) is 4.22. The molecule has 3 aromatic rings. The molecule has 0 unspecified atom stereocenters. The number of alkyl halides is 3.